The maximum atomic E-state index is 9.78. The molecular weight excluding hydrogens is 202 g/mol. The number of nitrogens with two attached hydrogens (primary N) is 1. The van der Waals surface area contributed by atoms with Gasteiger partial charge >= 0.3 is 0 Å². The maximum Gasteiger partial charge on any atom is 0.120 e. The van der Waals surface area contributed by atoms with Gasteiger partial charge in [0.2, 0.25) is 0 Å². The second-order valence-corrected chi connectivity index (χ2v) is 3.76. The van der Waals surface area contributed by atoms with E-state index < -0.39 is 0 Å². The van der Waals surface area contributed by atoms with E-state index in [2.05, 4.69) is 5.10 Å². The Labute approximate surface area is 94.3 Å². The number of nitrogens with zero attached hydrogens (tertiary/aromatic N) is 2. The van der Waals surface area contributed by atoms with Gasteiger partial charge < -0.3 is 10.8 Å². The molecule has 0 radical (unpaired) electrons. The normalized spacial score (nSPS) is 10.6. The summed E-state index contributed by atoms with van der Waals surface area (Å²) in [5.74, 6) is 0.300. The van der Waals surface area contributed by atoms with Crippen molar-refractivity contribution in [2.75, 3.05) is 5.73 Å². The van der Waals surface area contributed by atoms with E-state index in [1.807, 2.05) is 26.0 Å². The molecule has 4 nitrogen and oxygen atoms in total. The summed E-state index contributed by atoms with van der Waals surface area (Å²) in [6.07, 6.45) is 2.42. The zero-order valence-corrected chi connectivity index (χ0v) is 9.44. The van der Waals surface area contributed by atoms with Crippen molar-refractivity contribution in [3.8, 4) is 11.4 Å². The molecule has 16 heavy (non-hydrogen) atoms. The number of aryl methyl sites for hydroxylation is 1. The minimum Gasteiger partial charge on any atom is -0.508 e. The maximum absolute atomic E-state index is 9.78. The first-order chi connectivity index (χ1) is 7.63. The molecule has 0 atom stereocenters. The van der Waals surface area contributed by atoms with Gasteiger partial charge in [-0.2, -0.15) is 5.10 Å². The summed E-state index contributed by atoms with van der Waals surface area (Å²) in [6, 6.07) is 5.54. The first-order valence-corrected chi connectivity index (χ1v) is 5.26. The van der Waals surface area contributed by atoms with Crippen molar-refractivity contribution in [3.05, 3.63) is 35.7 Å². The van der Waals surface area contributed by atoms with E-state index in [4.69, 9.17) is 5.73 Å². The number of nitrogen functional groups attached to an aromatic ring is 1. The quantitative estimate of drug-likeness (QED) is 0.809. The van der Waals surface area contributed by atoms with Crippen molar-refractivity contribution in [2.24, 2.45) is 0 Å². The molecule has 84 valence electrons. The number of anilines is 1. The van der Waals surface area contributed by atoms with Gasteiger partial charge in [0.1, 0.15) is 5.75 Å². The second kappa shape index (κ2) is 3.89. The Morgan fingerprint density at radius 1 is 1.44 bits per heavy atom. The molecule has 0 spiro atoms. The summed E-state index contributed by atoms with van der Waals surface area (Å²) in [5, 5.41) is 13.9. The average Bonchev–Trinajstić information content (AvgIpc) is 2.60. The Hall–Kier alpha value is -1.97. The van der Waals surface area contributed by atoms with Crippen LogP contribution >= 0.6 is 0 Å². The van der Waals surface area contributed by atoms with Crippen molar-refractivity contribution in [1.29, 1.82) is 0 Å². The van der Waals surface area contributed by atoms with E-state index in [0.717, 1.165) is 23.4 Å². The van der Waals surface area contributed by atoms with Gasteiger partial charge in [0.25, 0.3) is 0 Å². The summed E-state index contributed by atoms with van der Waals surface area (Å²) in [6.45, 7) is 3.90. The van der Waals surface area contributed by atoms with Crippen LogP contribution in [-0.4, -0.2) is 14.9 Å². The van der Waals surface area contributed by atoms with Gasteiger partial charge in [0.15, 0.2) is 0 Å². The van der Waals surface area contributed by atoms with E-state index in [-0.39, 0.29) is 0 Å². The summed E-state index contributed by atoms with van der Waals surface area (Å²) >= 11 is 0. The lowest BCUT2D eigenvalue weighted by Gasteiger charge is -2.07. The highest BCUT2D eigenvalue weighted by molar-refractivity contribution is 5.48. The van der Waals surface area contributed by atoms with Crippen LogP contribution in [0, 0.1) is 6.92 Å². The predicted octanol–water partition coefficient (Wildman–Crippen LogP) is 2.03. The molecule has 0 aliphatic heterocycles. The molecule has 0 amide bonds. The highest BCUT2D eigenvalue weighted by Crippen LogP contribution is 2.23. The lowest BCUT2D eigenvalue weighted by molar-refractivity contribution is 0.468. The third kappa shape index (κ3) is 1.62. The average molecular weight is 217 g/mol. The van der Waals surface area contributed by atoms with E-state index in [1.165, 1.54) is 0 Å². The van der Waals surface area contributed by atoms with Crippen LogP contribution in [0.25, 0.3) is 5.69 Å². The minimum absolute atomic E-state index is 0.300. The van der Waals surface area contributed by atoms with Gasteiger partial charge in [0.05, 0.1) is 23.3 Å². The molecular formula is C12H15N3O. The summed E-state index contributed by atoms with van der Waals surface area (Å²) in [4.78, 5) is 0. The number of aromatic nitrogens is 2. The molecule has 4 heteroatoms. The lowest BCUT2D eigenvalue weighted by atomic mass is 10.1. The molecule has 0 aliphatic rings. The number of phenols is 1. The Morgan fingerprint density at radius 3 is 2.69 bits per heavy atom. The summed E-state index contributed by atoms with van der Waals surface area (Å²) in [7, 11) is 0. The molecule has 1 heterocycles. The van der Waals surface area contributed by atoms with Crippen LogP contribution in [0.5, 0.6) is 5.75 Å². The number of aromatic hydroxyl groups is 1. The molecule has 0 unspecified atom stereocenters. The molecule has 0 bridgehead atoms. The molecule has 0 saturated carbocycles. The van der Waals surface area contributed by atoms with E-state index in [0.29, 0.717) is 11.4 Å². The third-order valence-corrected chi connectivity index (χ3v) is 2.74. The number of phenolic OH excluding ortho intramolecular Hbond substituents is 1. The minimum atomic E-state index is 0.300. The number of benzene rings is 1. The standard InChI is InChI=1S/C12H15N3O/c1-3-9-4-5-10(6-12(9)16)15-8(2)11(13)7-14-15/h4-7,16H,3,13H2,1-2H3. The predicted molar refractivity (Wildman–Crippen MR) is 63.8 cm³/mol. The fourth-order valence-electron chi connectivity index (χ4n) is 1.67. The summed E-state index contributed by atoms with van der Waals surface area (Å²) in [5.41, 5.74) is 9.01. The molecule has 0 fully saturated rings. The highest BCUT2D eigenvalue weighted by atomic mass is 16.3. The van der Waals surface area contributed by atoms with E-state index in [1.54, 1.807) is 16.9 Å². The van der Waals surface area contributed by atoms with Gasteiger partial charge in [-0.05, 0) is 25.0 Å². The topological polar surface area (TPSA) is 64.1 Å². The lowest BCUT2D eigenvalue weighted by Crippen LogP contribution is -2.00. The van der Waals surface area contributed by atoms with Crippen molar-refractivity contribution in [3.63, 3.8) is 0 Å². The summed E-state index contributed by atoms with van der Waals surface area (Å²) < 4.78 is 1.72. The van der Waals surface area contributed by atoms with E-state index in [9.17, 15) is 5.11 Å². The van der Waals surface area contributed by atoms with Crippen LogP contribution in [0.1, 0.15) is 18.2 Å². The molecule has 0 saturated heterocycles. The van der Waals surface area contributed by atoms with Crippen molar-refractivity contribution in [1.82, 2.24) is 9.78 Å². The molecule has 0 aliphatic carbocycles. The zero-order valence-electron chi connectivity index (χ0n) is 9.44. The van der Waals surface area contributed by atoms with Crippen LogP contribution < -0.4 is 5.73 Å². The largest absolute Gasteiger partial charge is 0.508 e. The van der Waals surface area contributed by atoms with Crippen LogP contribution in [0.15, 0.2) is 24.4 Å². The van der Waals surface area contributed by atoms with Crippen molar-refractivity contribution >= 4 is 5.69 Å². The fourth-order valence-corrected chi connectivity index (χ4v) is 1.67. The first-order valence-electron chi connectivity index (χ1n) is 5.26. The number of hydrogen-bond acceptors (Lipinski definition) is 3. The number of rotatable bonds is 2. The first kappa shape index (κ1) is 10.5. The Morgan fingerprint density at radius 2 is 2.19 bits per heavy atom. The van der Waals surface area contributed by atoms with Gasteiger partial charge in [-0.1, -0.05) is 13.0 Å². The Balaban J connectivity index is 2.49. The van der Waals surface area contributed by atoms with Crippen molar-refractivity contribution < 1.29 is 5.11 Å². The van der Waals surface area contributed by atoms with Gasteiger partial charge in [-0.25, -0.2) is 4.68 Å². The molecule has 2 rings (SSSR count). The molecule has 1 aromatic carbocycles. The Bertz CT molecular complexity index is 517. The van der Waals surface area contributed by atoms with Crippen LogP contribution in [0.4, 0.5) is 5.69 Å². The highest BCUT2D eigenvalue weighted by Gasteiger charge is 2.07. The zero-order chi connectivity index (χ0) is 11.7. The SMILES string of the molecule is CCc1ccc(-n2ncc(N)c2C)cc1O. The van der Waals surface area contributed by atoms with Crippen LogP contribution in [0.3, 0.4) is 0 Å². The van der Waals surface area contributed by atoms with E-state index >= 15 is 0 Å². The van der Waals surface area contributed by atoms with Gasteiger partial charge in [-0.3, -0.25) is 0 Å². The van der Waals surface area contributed by atoms with Crippen LogP contribution in [0.2, 0.25) is 0 Å². The second-order valence-electron chi connectivity index (χ2n) is 3.76. The molecule has 1 aromatic heterocycles. The Kier molecular flexibility index (Phi) is 2.56. The number of hydrogen-bond donors (Lipinski definition) is 2. The molecule has 3 N–H and O–H groups in total. The van der Waals surface area contributed by atoms with Gasteiger partial charge in [-0.15, -0.1) is 0 Å². The van der Waals surface area contributed by atoms with Crippen molar-refractivity contribution in [2.45, 2.75) is 20.3 Å². The smallest absolute Gasteiger partial charge is 0.120 e. The monoisotopic (exact) mass is 217 g/mol. The van der Waals surface area contributed by atoms with Crippen LogP contribution in [-0.2, 0) is 6.42 Å². The molecule has 2 aromatic rings. The van der Waals surface area contributed by atoms with Gasteiger partial charge in [0, 0.05) is 6.07 Å². The third-order valence-electron chi connectivity index (χ3n) is 2.74. The fraction of sp³-hybridized carbons (Fsp3) is 0.250.